The summed E-state index contributed by atoms with van der Waals surface area (Å²) in [4.78, 5) is 25.0. The number of piperazine rings is 1. The molecular weight excluding hydrogens is 446 g/mol. The van der Waals surface area contributed by atoms with Gasteiger partial charge < -0.3 is 4.90 Å². The molecule has 0 radical (unpaired) electrons. The van der Waals surface area contributed by atoms with Crippen molar-refractivity contribution in [3.63, 3.8) is 0 Å². The van der Waals surface area contributed by atoms with Crippen molar-refractivity contribution in [2.45, 2.75) is 52.5 Å². The predicted octanol–water partition coefficient (Wildman–Crippen LogP) is 2.45. The Morgan fingerprint density at radius 3 is 2.36 bits per heavy atom. The Morgan fingerprint density at radius 1 is 1.15 bits per heavy atom. The van der Waals surface area contributed by atoms with Crippen molar-refractivity contribution in [2.24, 2.45) is 5.92 Å². The highest BCUT2D eigenvalue weighted by molar-refractivity contribution is 7.89. The molecule has 1 fully saturated rings. The van der Waals surface area contributed by atoms with Crippen molar-refractivity contribution < 1.29 is 18.1 Å². The quantitative estimate of drug-likeness (QED) is 0.446. The normalized spacial score (nSPS) is 15.3. The number of nitro benzene ring substituents is 1. The number of amides is 1. The second-order valence-corrected chi connectivity index (χ2v) is 10.8. The van der Waals surface area contributed by atoms with Crippen molar-refractivity contribution >= 4 is 21.6 Å². The Bertz CT molecular complexity index is 1160. The van der Waals surface area contributed by atoms with Crippen molar-refractivity contribution in [3.05, 3.63) is 50.8 Å². The maximum Gasteiger partial charge on any atom is 0.270 e. The van der Waals surface area contributed by atoms with Crippen LogP contribution in [-0.4, -0.2) is 64.4 Å². The van der Waals surface area contributed by atoms with Crippen LogP contribution in [0.15, 0.2) is 23.1 Å². The lowest BCUT2D eigenvalue weighted by Gasteiger charge is -2.34. The van der Waals surface area contributed by atoms with Crippen LogP contribution in [0.3, 0.4) is 0 Å². The first kappa shape index (κ1) is 24.8. The van der Waals surface area contributed by atoms with E-state index < -0.39 is 14.9 Å². The van der Waals surface area contributed by atoms with Gasteiger partial charge >= 0.3 is 0 Å². The van der Waals surface area contributed by atoms with E-state index in [-0.39, 0.29) is 49.1 Å². The Morgan fingerprint density at radius 2 is 1.79 bits per heavy atom. The number of nitro groups is 1. The van der Waals surface area contributed by atoms with E-state index in [9.17, 15) is 23.3 Å². The molecule has 1 aromatic carbocycles. The molecule has 0 N–H and O–H groups in total. The van der Waals surface area contributed by atoms with E-state index >= 15 is 0 Å². The zero-order chi connectivity index (χ0) is 24.5. The maximum atomic E-state index is 13.1. The molecule has 1 saturated heterocycles. The minimum absolute atomic E-state index is 0.0612. The van der Waals surface area contributed by atoms with Crippen LogP contribution < -0.4 is 0 Å². The van der Waals surface area contributed by atoms with Gasteiger partial charge in [0.2, 0.25) is 15.9 Å². The van der Waals surface area contributed by atoms with E-state index in [0.29, 0.717) is 11.5 Å². The van der Waals surface area contributed by atoms with Gasteiger partial charge in [-0.1, -0.05) is 19.9 Å². The van der Waals surface area contributed by atoms with E-state index in [1.165, 1.54) is 16.4 Å². The number of nitrogens with zero attached hydrogens (tertiary/aromatic N) is 5. The number of rotatable bonds is 7. The average molecular weight is 478 g/mol. The minimum atomic E-state index is -3.90. The monoisotopic (exact) mass is 477 g/mol. The molecule has 180 valence electrons. The molecule has 0 bridgehead atoms. The molecule has 1 aliphatic heterocycles. The SMILES string of the molecule is Cc1ccc([N+](=O)[O-])cc1S(=O)(=O)N1CCN(C(=O)Cc2c(C)nn(CC(C)C)c2C)CC1. The Kier molecular flexibility index (Phi) is 7.23. The number of sulfonamides is 1. The molecule has 2 heterocycles. The summed E-state index contributed by atoms with van der Waals surface area (Å²) >= 11 is 0. The summed E-state index contributed by atoms with van der Waals surface area (Å²) in [5.41, 5.74) is 2.92. The van der Waals surface area contributed by atoms with Crippen LogP contribution in [0.5, 0.6) is 0 Å². The molecule has 3 rings (SSSR count). The molecule has 1 amide bonds. The highest BCUT2D eigenvalue weighted by Gasteiger charge is 2.32. The fourth-order valence-electron chi connectivity index (χ4n) is 4.07. The molecule has 0 aliphatic carbocycles. The fraction of sp³-hybridized carbons (Fsp3) is 0.545. The Balaban J connectivity index is 1.69. The molecule has 11 heteroatoms. The zero-order valence-corrected chi connectivity index (χ0v) is 20.6. The topological polar surface area (TPSA) is 119 Å². The van der Waals surface area contributed by atoms with E-state index in [4.69, 9.17) is 0 Å². The Labute approximate surface area is 194 Å². The predicted molar refractivity (Wildman–Crippen MR) is 123 cm³/mol. The summed E-state index contributed by atoms with van der Waals surface area (Å²) in [5.74, 6) is 0.380. The van der Waals surface area contributed by atoms with Gasteiger partial charge in [0.1, 0.15) is 0 Å². The van der Waals surface area contributed by atoms with E-state index in [1.807, 2.05) is 18.5 Å². The number of aromatic nitrogens is 2. The van der Waals surface area contributed by atoms with Gasteiger partial charge in [-0.25, -0.2) is 8.42 Å². The van der Waals surface area contributed by atoms with Crippen LogP contribution in [0.4, 0.5) is 5.69 Å². The van der Waals surface area contributed by atoms with Crippen LogP contribution in [0.25, 0.3) is 0 Å². The molecule has 0 saturated carbocycles. The number of benzene rings is 1. The average Bonchev–Trinajstić information content (AvgIpc) is 3.00. The molecule has 33 heavy (non-hydrogen) atoms. The summed E-state index contributed by atoms with van der Waals surface area (Å²) in [6.45, 7) is 11.3. The lowest BCUT2D eigenvalue weighted by atomic mass is 10.1. The van der Waals surface area contributed by atoms with Crippen LogP contribution in [0.1, 0.15) is 36.4 Å². The van der Waals surface area contributed by atoms with E-state index in [2.05, 4.69) is 18.9 Å². The number of hydrogen-bond donors (Lipinski definition) is 0. The van der Waals surface area contributed by atoms with E-state index in [0.717, 1.165) is 29.6 Å². The lowest BCUT2D eigenvalue weighted by molar-refractivity contribution is -0.385. The zero-order valence-electron chi connectivity index (χ0n) is 19.7. The van der Waals surface area contributed by atoms with E-state index in [1.54, 1.807) is 11.8 Å². The minimum Gasteiger partial charge on any atom is -0.340 e. The van der Waals surface area contributed by atoms with Crippen LogP contribution in [0, 0.1) is 36.8 Å². The van der Waals surface area contributed by atoms with Gasteiger partial charge in [0, 0.05) is 56.1 Å². The molecule has 1 aliphatic rings. The van der Waals surface area contributed by atoms with Gasteiger partial charge in [-0.2, -0.15) is 9.40 Å². The number of non-ortho nitro benzene ring substituents is 1. The smallest absolute Gasteiger partial charge is 0.270 e. The molecule has 0 spiro atoms. The van der Waals surface area contributed by atoms with Crippen molar-refractivity contribution in [3.8, 4) is 0 Å². The van der Waals surface area contributed by atoms with Gasteiger partial charge in [0.15, 0.2) is 0 Å². The summed E-state index contributed by atoms with van der Waals surface area (Å²) in [7, 11) is -3.90. The molecular formula is C22H31N5O5S. The number of carbonyl (C=O) groups is 1. The fourth-order valence-corrected chi connectivity index (χ4v) is 5.74. The maximum absolute atomic E-state index is 13.1. The van der Waals surface area contributed by atoms with Crippen LogP contribution in [0.2, 0.25) is 0 Å². The third-order valence-corrected chi connectivity index (χ3v) is 8.03. The largest absolute Gasteiger partial charge is 0.340 e. The molecule has 0 unspecified atom stereocenters. The van der Waals surface area contributed by atoms with Crippen molar-refractivity contribution in [1.82, 2.24) is 19.0 Å². The first-order valence-electron chi connectivity index (χ1n) is 11.0. The molecule has 2 aromatic rings. The molecule has 0 atom stereocenters. The Hall–Kier alpha value is -2.79. The number of aryl methyl sites for hydroxylation is 2. The second-order valence-electron chi connectivity index (χ2n) is 8.89. The van der Waals surface area contributed by atoms with Gasteiger partial charge in [-0.3, -0.25) is 19.6 Å². The van der Waals surface area contributed by atoms with Crippen LogP contribution in [-0.2, 0) is 27.8 Å². The summed E-state index contributed by atoms with van der Waals surface area (Å²) in [5, 5.41) is 15.6. The number of carbonyl (C=O) groups excluding carboxylic acids is 1. The summed E-state index contributed by atoms with van der Waals surface area (Å²) < 4.78 is 29.5. The van der Waals surface area contributed by atoms with Crippen LogP contribution >= 0.6 is 0 Å². The van der Waals surface area contributed by atoms with Crippen molar-refractivity contribution in [2.75, 3.05) is 26.2 Å². The highest BCUT2D eigenvalue weighted by atomic mass is 32.2. The first-order valence-corrected chi connectivity index (χ1v) is 12.4. The third kappa shape index (κ3) is 5.25. The highest BCUT2D eigenvalue weighted by Crippen LogP contribution is 2.26. The third-order valence-electron chi connectivity index (χ3n) is 5.99. The summed E-state index contributed by atoms with van der Waals surface area (Å²) in [6, 6.07) is 3.83. The van der Waals surface area contributed by atoms with Crippen molar-refractivity contribution in [1.29, 1.82) is 0 Å². The standard InChI is InChI=1S/C22H31N5O5S/c1-15(2)14-26-18(5)20(17(4)23-26)13-22(28)24-8-10-25(11-9-24)33(31,32)21-12-19(27(29)30)7-6-16(21)3/h6-7,12,15H,8-11,13-14H2,1-5H3. The number of hydrogen-bond acceptors (Lipinski definition) is 6. The van der Waals surface area contributed by atoms with Gasteiger partial charge in [-0.05, 0) is 32.3 Å². The first-order chi connectivity index (χ1) is 15.4. The molecule has 1 aromatic heterocycles. The lowest BCUT2D eigenvalue weighted by Crippen LogP contribution is -2.51. The molecule has 10 nitrogen and oxygen atoms in total. The van der Waals surface area contributed by atoms with Gasteiger partial charge in [0.05, 0.1) is 21.9 Å². The summed E-state index contributed by atoms with van der Waals surface area (Å²) in [6.07, 6.45) is 0.229. The second kappa shape index (κ2) is 9.60. The van der Waals surface area contributed by atoms with Gasteiger partial charge in [-0.15, -0.1) is 0 Å². The van der Waals surface area contributed by atoms with Gasteiger partial charge in [0.25, 0.3) is 5.69 Å².